The van der Waals surface area contributed by atoms with Crippen LogP contribution in [0.3, 0.4) is 0 Å². The van der Waals surface area contributed by atoms with Gasteiger partial charge >= 0.3 is 5.97 Å². The summed E-state index contributed by atoms with van der Waals surface area (Å²) in [6, 6.07) is -1.53. The number of aliphatic hydroxyl groups excluding tert-OH is 12. The monoisotopic (exact) mass is 791 g/mol. The Morgan fingerprint density at radius 1 is 0.796 bits per heavy atom. The smallest absolute Gasteiger partial charge is 0.332 e. The highest BCUT2D eigenvalue weighted by molar-refractivity contribution is 5.73. The summed E-state index contributed by atoms with van der Waals surface area (Å²) in [6.07, 6.45) is -30.4. The average molecular weight is 792 g/mol. The highest BCUT2D eigenvalue weighted by Crippen LogP contribution is 2.40. The Morgan fingerprint density at radius 2 is 1.39 bits per heavy atom. The summed E-state index contributed by atoms with van der Waals surface area (Å²) >= 11 is 0. The molecule has 0 saturated carbocycles. The predicted molar refractivity (Wildman–Crippen MR) is 169 cm³/mol. The maximum absolute atomic E-state index is 12.2. The molecule has 4 aliphatic heterocycles. The first-order valence-corrected chi connectivity index (χ1v) is 17.4. The SMILES string of the molecule is CC(=O)NC1C(OC2C(C)OC(CO)C(O)C2O)OC(CO)C(OC2OC(CO)C(O)C(OC3(OC=O)CC(O)C(C)C([C@H](O)C(O)CO)O3)C2O)C1O. The van der Waals surface area contributed by atoms with Crippen LogP contribution in [0.15, 0.2) is 0 Å². The first-order chi connectivity index (χ1) is 25.5. The maximum atomic E-state index is 12.2. The molecule has 23 nitrogen and oxygen atoms in total. The van der Waals surface area contributed by atoms with Gasteiger partial charge in [0.1, 0.15) is 85.4 Å². The van der Waals surface area contributed by atoms with Gasteiger partial charge in [-0.05, 0) is 6.92 Å². The molecule has 13 N–H and O–H groups in total. The van der Waals surface area contributed by atoms with Crippen molar-refractivity contribution < 1.29 is 109 Å². The van der Waals surface area contributed by atoms with Crippen LogP contribution in [0.2, 0.25) is 0 Å². The lowest BCUT2D eigenvalue weighted by atomic mass is 9.87. The lowest BCUT2D eigenvalue weighted by Gasteiger charge is -2.51. The third kappa shape index (κ3) is 9.47. The molecule has 4 heterocycles. The van der Waals surface area contributed by atoms with E-state index >= 15 is 0 Å². The first kappa shape index (κ1) is 44.9. The van der Waals surface area contributed by atoms with Crippen molar-refractivity contribution in [1.82, 2.24) is 5.32 Å². The molecule has 20 unspecified atom stereocenters. The van der Waals surface area contributed by atoms with E-state index in [0.29, 0.717) is 0 Å². The van der Waals surface area contributed by atoms with Crippen molar-refractivity contribution in [3.05, 3.63) is 0 Å². The minimum atomic E-state index is -2.67. The Kier molecular flexibility index (Phi) is 15.9. The Morgan fingerprint density at radius 3 is 1.96 bits per heavy atom. The van der Waals surface area contributed by atoms with Crippen LogP contribution in [-0.2, 0) is 47.5 Å². The van der Waals surface area contributed by atoms with Crippen LogP contribution in [0.25, 0.3) is 0 Å². The van der Waals surface area contributed by atoms with Crippen molar-refractivity contribution in [2.24, 2.45) is 5.92 Å². The normalized spacial score (nSPS) is 47.0. The fraction of sp³-hybridized carbons (Fsp3) is 0.935. The number of carbonyl (C=O) groups is 2. The standard InChI is InChI=1S/C31H53NO22/c1-10-13(39)4-31(47-9-37,53-25(10)19(41)14(40)5-33)54-28-21(43)16(7-35)49-30(24(28)46)52-27-17(8-36)50-29(18(22(27)44)32-12(3)38)51-26-11(2)48-15(6-34)20(42)23(26)45/h9-11,13-30,33-36,39-46H,4-8H2,1-3H3,(H,32,38)/t10?,11?,13?,14?,15?,16?,17?,18?,19-,20?,21?,22?,23?,24?,25?,26?,27?,28?,29?,30?,31?/m1/s1. The molecule has 0 bridgehead atoms. The molecule has 0 aliphatic carbocycles. The van der Waals surface area contributed by atoms with Crippen molar-refractivity contribution in [2.45, 2.75) is 149 Å². The van der Waals surface area contributed by atoms with E-state index in [4.69, 9.17) is 37.9 Å². The van der Waals surface area contributed by atoms with E-state index < -0.39 is 167 Å². The van der Waals surface area contributed by atoms with Gasteiger partial charge in [-0.1, -0.05) is 6.92 Å². The van der Waals surface area contributed by atoms with Gasteiger partial charge in [-0.3, -0.25) is 9.59 Å². The van der Waals surface area contributed by atoms with Gasteiger partial charge in [-0.2, -0.15) is 0 Å². The molecule has 0 aromatic rings. The summed E-state index contributed by atoms with van der Waals surface area (Å²) < 4.78 is 45.2. The summed E-state index contributed by atoms with van der Waals surface area (Å²) in [5.74, 6) is -4.33. The van der Waals surface area contributed by atoms with E-state index in [-0.39, 0.29) is 6.47 Å². The molecule has 4 rings (SSSR count). The van der Waals surface area contributed by atoms with Gasteiger partial charge in [0, 0.05) is 12.8 Å². The summed E-state index contributed by atoms with van der Waals surface area (Å²) in [7, 11) is 0. The Labute approximate surface area is 308 Å². The van der Waals surface area contributed by atoms with E-state index in [9.17, 15) is 70.9 Å². The molecular weight excluding hydrogens is 738 g/mol. The second kappa shape index (κ2) is 19.1. The van der Waals surface area contributed by atoms with Crippen LogP contribution < -0.4 is 5.32 Å². The maximum Gasteiger partial charge on any atom is 0.332 e. The van der Waals surface area contributed by atoms with E-state index in [1.54, 1.807) is 0 Å². The number of ether oxygens (including phenoxy) is 8. The van der Waals surface area contributed by atoms with Crippen LogP contribution in [0.4, 0.5) is 0 Å². The van der Waals surface area contributed by atoms with Crippen LogP contribution in [0.1, 0.15) is 27.2 Å². The van der Waals surface area contributed by atoms with Gasteiger partial charge in [0.25, 0.3) is 6.47 Å². The molecule has 0 spiro atoms. The van der Waals surface area contributed by atoms with Gasteiger partial charge in [0.15, 0.2) is 12.6 Å². The zero-order valence-corrected chi connectivity index (χ0v) is 29.6. The van der Waals surface area contributed by atoms with Crippen LogP contribution in [-0.4, -0.2) is 222 Å². The summed E-state index contributed by atoms with van der Waals surface area (Å²) in [5, 5.41) is 128. The first-order valence-electron chi connectivity index (χ1n) is 17.4. The minimum absolute atomic E-state index is 0.155. The number of nitrogens with one attached hydrogen (secondary N) is 1. The molecule has 0 aromatic carbocycles. The van der Waals surface area contributed by atoms with Crippen LogP contribution in [0, 0.1) is 5.92 Å². The molecule has 0 radical (unpaired) electrons. The highest BCUT2D eigenvalue weighted by atomic mass is 16.9. The van der Waals surface area contributed by atoms with Gasteiger partial charge < -0.3 is 104 Å². The van der Waals surface area contributed by atoms with Crippen molar-refractivity contribution in [3.63, 3.8) is 0 Å². The predicted octanol–water partition coefficient (Wildman–Crippen LogP) is -8.01. The molecule has 314 valence electrons. The molecule has 1 amide bonds. The number of hydrogen-bond donors (Lipinski definition) is 13. The van der Waals surface area contributed by atoms with Crippen LogP contribution in [0.5, 0.6) is 0 Å². The molecule has 23 heteroatoms. The number of carbonyl (C=O) groups excluding carboxylic acids is 2. The van der Waals surface area contributed by atoms with E-state index in [1.807, 2.05) is 0 Å². The quantitative estimate of drug-likeness (QED) is 0.0541. The fourth-order valence-corrected chi connectivity index (χ4v) is 7.01. The number of rotatable bonds is 15. The highest BCUT2D eigenvalue weighted by Gasteiger charge is 2.58. The molecule has 0 aromatic heterocycles. The van der Waals surface area contributed by atoms with Gasteiger partial charge in [0.2, 0.25) is 5.91 Å². The molecule has 4 aliphatic rings. The van der Waals surface area contributed by atoms with Gasteiger partial charge in [-0.25, -0.2) is 0 Å². The topological polar surface area (TPSA) is 363 Å². The Hall–Kier alpha value is -1.82. The number of amides is 1. The molecule has 4 fully saturated rings. The zero-order chi connectivity index (χ0) is 40.2. The van der Waals surface area contributed by atoms with E-state index in [1.165, 1.54) is 13.8 Å². The summed E-state index contributed by atoms with van der Waals surface area (Å²) in [6.45, 7) is 0.420. The third-order valence-electron chi connectivity index (χ3n) is 10.1. The summed E-state index contributed by atoms with van der Waals surface area (Å²) in [4.78, 5) is 23.9. The number of aliphatic hydroxyl groups is 12. The van der Waals surface area contributed by atoms with Crippen LogP contribution >= 0.6 is 0 Å². The molecule has 54 heavy (non-hydrogen) atoms. The second-order valence-corrected chi connectivity index (χ2v) is 13.8. The van der Waals surface area contributed by atoms with Gasteiger partial charge in [-0.15, -0.1) is 0 Å². The van der Waals surface area contributed by atoms with Crippen molar-refractivity contribution in [2.75, 3.05) is 26.4 Å². The summed E-state index contributed by atoms with van der Waals surface area (Å²) in [5.41, 5.74) is 0. The Bertz CT molecular complexity index is 1210. The fourth-order valence-electron chi connectivity index (χ4n) is 7.01. The second-order valence-electron chi connectivity index (χ2n) is 13.8. The minimum Gasteiger partial charge on any atom is -0.410 e. The van der Waals surface area contributed by atoms with Crippen molar-refractivity contribution >= 4 is 12.4 Å². The lowest BCUT2D eigenvalue weighted by Crippen LogP contribution is -2.69. The van der Waals surface area contributed by atoms with Crippen molar-refractivity contribution in [3.8, 4) is 0 Å². The number of hydrogen-bond acceptors (Lipinski definition) is 22. The largest absolute Gasteiger partial charge is 0.410 e. The van der Waals surface area contributed by atoms with Crippen molar-refractivity contribution in [1.29, 1.82) is 0 Å². The zero-order valence-electron chi connectivity index (χ0n) is 29.6. The van der Waals surface area contributed by atoms with E-state index in [2.05, 4.69) is 5.32 Å². The average Bonchev–Trinajstić information content (AvgIpc) is 3.14. The third-order valence-corrected chi connectivity index (χ3v) is 10.1. The lowest BCUT2D eigenvalue weighted by molar-refractivity contribution is -0.448. The molecule has 4 saturated heterocycles. The molecular formula is C31H53NO22. The van der Waals surface area contributed by atoms with E-state index in [0.717, 1.165) is 6.92 Å². The Balaban J connectivity index is 1.59. The van der Waals surface area contributed by atoms with Gasteiger partial charge in [0.05, 0.1) is 51.2 Å². The molecule has 21 atom stereocenters.